The molecule has 0 saturated heterocycles. The molecule has 0 unspecified atom stereocenters. The van der Waals surface area contributed by atoms with E-state index in [9.17, 15) is 0 Å². The Kier molecular flexibility index (Phi) is 5.09. The number of benzene rings is 4. The van der Waals surface area contributed by atoms with Gasteiger partial charge in [-0.25, -0.2) is 9.13 Å². The standard InChI is InChI=1S/2C21H20NO/c1-13-9-10-17-16-7-5-6-8-19(16)23-21(17)20(13)18-11-14(2)15(3)12-22(18)4;1-13-9-10-17(22(4)12-13)20-15(3)11-14(2)19-16-7-5-6-8-18(16)23-21(19)20/h2*5-12H,1-4H3/q2*+1/i3D3;1D3,2D3. The Balaban J connectivity index is 0.000000170. The van der Waals surface area contributed by atoms with Crippen LogP contribution in [-0.2, 0) is 14.1 Å². The fourth-order valence-corrected chi connectivity index (χ4v) is 6.42. The van der Waals surface area contributed by atoms with E-state index in [2.05, 4.69) is 25.1 Å². The van der Waals surface area contributed by atoms with Gasteiger partial charge in [-0.2, -0.15) is 0 Å². The maximum atomic E-state index is 8.00. The van der Waals surface area contributed by atoms with Gasteiger partial charge in [0.05, 0.1) is 11.1 Å². The molecule has 0 aliphatic heterocycles. The molecule has 0 atom stereocenters. The van der Waals surface area contributed by atoms with E-state index in [-0.39, 0.29) is 11.1 Å². The monoisotopic (exact) mass is 613 g/mol. The zero-order valence-corrected chi connectivity index (χ0v) is 26.4. The zero-order chi connectivity index (χ0) is 39.8. The molecule has 0 spiro atoms. The average molecular weight is 614 g/mol. The van der Waals surface area contributed by atoms with Crippen molar-refractivity contribution in [2.24, 2.45) is 14.1 Å². The van der Waals surface area contributed by atoms with Gasteiger partial charge in [0.15, 0.2) is 12.4 Å². The van der Waals surface area contributed by atoms with Crippen molar-refractivity contribution in [3.05, 3.63) is 131 Å². The normalized spacial score (nSPS) is 15.2. The molecule has 0 aliphatic rings. The lowest BCUT2D eigenvalue weighted by Gasteiger charge is -2.08. The van der Waals surface area contributed by atoms with Gasteiger partial charge in [0.2, 0.25) is 11.4 Å². The van der Waals surface area contributed by atoms with Crippen LogP contribution in [0.15, 0.2) is 106 Å². The molecule has 8 rings (SSSR count). The molecule has 4 heterocycles. The minimum absolute atomic E-state index is 0.237. The number of pyridine rings is 2. The van der Waals surface area contributed by atoms with Gasteiger partial charge in [-0.05, 0) is 81.8 Å². The van der Waals surface area contributed by atoms with Crippen molar-refractivity contribution in [1.82, 2.24) is 0 Å². The van der Waals surface area contributed by atoms with Crippen LogP contribution in [0, 0.1) is 41.3 Å². The predicted octanol–water partition coefficient (Wildman–Crippen LogP) is 10.0. The van der Waals surface area contributed by atoms with E-state index in [0.29, 0.717) is 22.1 Å². The zero-order valence-electron chi connectivity index (χ0n) is 35.4. The second-order valence-electron chi connectivity index (χ2n) is 11.9. The Labute approximate surface area is 282 Å². The smallest absolute Gasteiger partial charge is 0.216 e. The molecule has 46 heavy (non-hydrogen) atoms. The Morgan fingerprint density at radius 1 is 0.522 bits per heavy atom. The molecule has 0 fully saturated rings. The Bertz CT molecular complexity index is 2790. The van der Waals surface area contributed by atoms with Crippen LogP contribution in [0.25, 0.3) is 66.4 Å². The van der Waals surface area contributed by atoms with E-state index in [0.717, 1.165) is 66.5 Å². The van der Waals surface area contributed by atoms with Gasteiger partial charge in [0, 0.05) is 57.1 Å². The summed E-state index contributed by atoms with van der Waals surface area (Å²) < 4.78 is 86.0. The van der Waals surface area contributed by atoms with Crippen molar-refractivity contribution in [3.63, 3.8) is 0 Å². The minimum atomic E-state index is -2.29. The van der Waals surface area contributed by atoms with E-state index >= 15 is 0 Å². The van der Waals surface area contributed by atoms with Gasteiger partial charge in [0.25, 0.3) is 0 Å². The summed E-state index contributed by atoms with van der Waals surface area (Å²) in [7, 11) is 3.65. The second-order valence-corrected chi connectivity index (χ2v) is 11.9. The highest BCUT2D eigenvalue weighted by atomic mass is 16.3. The Hall–Kier alpha value is -5.22. The molecule has 228 valence electrons. The van der Waals surface area contributed by atoms with Gasteiger partial charge in [-0.15, -0.1) is 0 Å². The highest BCUT2D eigenvalue weighted by Gasteiger charge is 2.23. The molecule has 0 amide bonds. The lowest BCUT2D eigenvalue weighted by atomic mass is 9.97. The summed E-state index contributed by atoms with van der Waals surface area (Å²) in [5, 5.41) is 3.47. The molecule has 0 saturated carbocycles. The van der Waals surface area contributed by atoms with E-state index in [1.54, 1.807) is 42.2 Å². The number of rotatable bonds is 2. The third-order valence-electron chi connectivity index (χ3n) is 8.73. The lowest BCUT2D eigenvalue weighted by molar-refractivity contribution is -0.660. The molecule has 0 radical (unpaired) electrons. The molecule has 0 bridgehead atoms. The van der Waals surface area contributed by atoms with Crippen molar-refractivity contribution in [2.75, 3.05) is 0 Å². The topological polar surface area (TPSA) is 34.0 Å². The van der Waals surface area contributed by atoms with Crippen LogP contribution in [0.3, 0.4) is 0 Å². The third kappa shape index (κ3) is 4.85. The van der Waals surface area contributed by atoms with E-state index < -0.39 is 20.6 Å². The molecule has 0 aliphatic carbocycles. The molecule has 8 aromatic rings. The number of aromatic nitrogens is 2. The first-order valence-electron chi connectivity index (χ1n) is 19.6. The number of furan rings is 2. The first kappa shape index (κ1) is 20.7. The number of hydrogen-bond donors (Lipinski definition) is 0. The van der Waals surface area contributed by atoms with Crippen LogP contribution in [0.4, 0.5) is 0 Å². The van der Waals surface area contributed by atoms with Crippen LogP contribution in [0.1, 0.15) is 45.7 Å². The number of para-hydroxylation sites is 2. The largest absolute Gasteiger partial charge is 0.455 e. The van der Waals surface area contributed by atoms with E-state index in [1.165, 1.54) is 0 Å². The van der Waals surface area contributed by atoms with Crippen molar-refractivity contribution in [1.29, 1.82) is 0 Å². The number of fused-ring (bicyclic) bond motifs is 6. The minimum Gasteiger partial charge on any atom is -0.455 e. The molecule has 4 aromatic heterocycles. The van der Waals surface area contributed by atoms with Gasteiger partial charge in [-0.3, -0.25) is 0 Å². The molecule has 4 heteroatoms. The SMILES string of the molecule is [2H]C([2H])([2H])c1c[n+](C)c(-c2c(C)ccc3c2oc2ccccc23)cc1C.[2H]C([2H])([2H])c1ccc(-c2c(C)cc(C([2H])([2H])[2H])c3c2oc2ccccc23)[n+](C)c1. The van der Waals surface area contributed by atoms with Gasteiger partial charge in [-0.1, -0.05) is 54.6 Å². The van der Waals surface area contributed by atoms with Crippen molar-refractivity contribution < 1.29 is 30.3 Å². The third-order valence-corrected chi connectivity index (χ3v) is 8.73. The maximum Gasteiger partial charge on any atom is 0.216 e. The van der Waals surface area contributed by atoms with Crippen LogP contribution in [-0.4, -0.2) is 0 Å². The molecule has 4 nitrogen and oxygen atoms in total. The average Bonchev–Trinajstić information content (AvgIpc) is 3.67. The Morgan fingerprint density at radius 3 is 1.93 bits per heavy atom. The highest BCUT2D eigenvalue weighted by Crippen LogP contribution is 2.39. The summed E-state index contributed by atoms with van der Waals surface area (Å²) >= 11 is 0. The van der Waals surface area contributed by atoms with E-state index in [4.69, 9.17) is 21.2 Å². The van der Waals surface area contributed by atoms with Crippen LogP contribution >= 0.6 is 0 Å². The molecule has 0 N–H and O–H groups in total. The summed E-state index contributed by atoms with van der Waals surface area (Å²) in [4.78, 5) is 0. The van der Waals surface area contributed by atoms with Crippen LogP contribution in [0.5, 0.6) is 0 Å². The Morgan fingerprint density at radius 2 is 1.20 bits per heavy atom. The second kappa shape index (κ2) is 11.3. The van der Waals surface area contributed by atoms with Crippen LogP contribution in [0.2, 0.25) is 0 Å². The fraction of sp³-hybridized carbons (Fsp3) is 0.190. The molecular weight excluding hydrogens is 564 g/mol. The van der Waals surface area contributed by atoms with Crippen LogP contribution < -0.4 is 9.13 Å². The first-order valence-corrected chi connectivity index (χ1v) is 15.1. The molecule has 4 aromatic carbocycles. The first-order chi connectivity index (χ1) is 25.8. The predicted molar refractivity (Wildman–Crippen MR) is 189 cm³/mol. The lowest BCUT2D eigenvalue weighted by Crippen LogP contribution is -2.31. The quantitative estimate of drug-likeness (QED) is 0.182. The summed E-state index contributed by atoms with van der Waals surface area (Å²) in [5.41, 5.74) is 9.70. The summed E-state index contributed by atoms with van der Waals surface area (Å²) in [6, 6.07) is 26.5. The summed E-state index contributed by atoms with van der Waals surface area (Å²) in [6.45, 7) is -0.878. The van der Waals surface area contributed by atoms with E-state index in [1.807, 2.05) is 74.0 Å². The number of aryl methyl sites for hydroxylation is 8. The summed E-state index contributed by atoms with van der Waals surface area (Å²) in [5.74, 6) is 0. The maximum absolute atomic E-state index is 8.00. The molecular formula is C42H40N2O2+2. The number of hydrogen-bond acceptors (Lipinski definition) is 2. The van der Waals surface area contributed by atoms with Crippen molar-refractivity contribution in [2.45, 2.75) is 41.3 Å². The summed E-state index contributed by atoms with van der Waals surface area (Å²) in [6.07, 6.45) is 3.28. The van der Waals surface area contributed by atoms with Gasteiger partial charge >= 0.3 is 0 Å². The van der Waals surface area contributed by atoms with Crippen molar-refractivity contribution >= 4 is 43.9 Å². The van der Waals surface area contributed by atoms with Crippen molar-refractivity contribution in [3.8, 4) is 22.5 Å². The highest BCUT2D eigenvalue weighted by molar-refractivity contribution is 6.11. The number of nitrogens with zero attached hydrogens (tertiary/aromatic N) is 2. The van der Waals surface area contributed by atoms with Gasteiger partial charge in [0.1, 0.15) is 36.4 Å². The van der Waals surface area contributed by atoms with Gasteiger partial charge < -0.3 is 8.83 Å². The fourth-order valence-electron chi connectivity index (χ4n) is 6.42.